The largest absolute Gasteiger partial charge is 0.334 e. The molecule has 0 bridgehead atoms. The van der Waals surface area contributed by atoms with Crippen LogP contribution in [-0.2, 0) is 6.54 Å². The fourth-order valence-corrected chi connectivity index (χ4v) is 2.50. The van der Waals surface area contributed by atoms with E-state index in [1.807, 2.05) is 44.2 Å². The Hall–Kier alpha value is -2.66. The third-order valence-corrected chi connectivity index (χ3v) is 4.10. The third-order valence-electron chi connectivity index (χ3n) is 3.73. The quantitative estimate of drug-likeness (QED) is 0.750. The Morgan fingerprint density at radius 1 is 1.04 bits per heavy atom. The number of fused-ring (bicyclic) bond motifs is 1. The van der Waals surface area contributed by atoms with Gasteiger partial charge in [0.25, 0.3) is 0 Å². The molecule has 1 aromatic heterocycles. The zero-order chi connectivity index (χ0) is 17.1. The molecule has 0 saturated carbocycles. The van der Waals surface area contributed by atoms with Crippen molar-refractivity contribution in [2.75, 3.05) is 5.32 Å². The number of nitrogens with zero attached hydrogens (tertiary/aromatic N) is 2. The first-order valence-electron chi connectivity index (χ1n) is 7.56. The van der Waals surface area contributed by atoms with E-state index in [9.17, 15) is 4.79 Å². The number of hydrogen-bond acceptors (Lipinski definition) is 3. The zero-order valence-corrected chi connectivity index (χ0v) is 14.2. The third kappa shape index (κ3) is 3.63. The summed E-state index contributed by atoms with van der Waals surface area (Å²) < 4.78 is 0. The first-order chi connectivity index (χ1) is 11.5. The van der Waals surface area contributed by atoms with E-state index < -0.39 is 0 Å². The van der Waals surface area contributed by atoms with Gasteiger partial charge in [0.15, 0.2) is 0 Å². The number of amides is 2. The number of benzene rings is 2. The first kappa shape index (κ1) is 16.2. The molecule has 6 heteroatoms. The maximum absolute atomic E-state index is 12.1. The number of aromatic nitrogens is 2. The van der Waals surface area contributed by atoms with E-state index in [1.165, 1.54) is 0 Å². The van der Waals surface area contributed by atoms with Crippen molar-refractivity contribution in [2.24, 2.45) is 0 Å². The molecule has 0 saturated heterocycles. The topological polar surface area (TPSA) is 66.9 Å². The molecule has 3 aromatic rings. The maximum atomic E-state index is 12.1. The van der Waals surface area contributed by atoms with Crippen LogP contribution >= 0.6 is 11.6 Å². The second kappa shape index (κ2) is 6.84. The van der Waals surface area contributed by atoms with Crippen molar-refractivity contribution in [1.29, 1.82) is 0 Å². The number of carbonyl (C=O) groups excluding carboxylic acids is 1. The van der Waals surface area contributed by atoms with E-state index in [-0.39, 0.29) is 6.03 Å². The van der Waals surface area contributed by atoms with E-state index in [0.29, 0.717) is 17.3 Å². The van der Waals surface area contributed by atoms with Crippen molar-refractivity contribution >= 4 is 34.4 Å². The lowest BCUT2D eigenvalue weighted by Gasteiger charge is -2.09. The average molecular weight is 341 g/mol. The lowest BCUT2D eigenvalue weighted by Crippen LogP contribution is -2.28. The van der Waals surface area contributed by atoms with Gasteiger partial charge in [-0.05, 0) is 43.7 Å². The van der Waals surface area contributed by atoms with Crippen LogP contribution in [0.25, 0.3) is 11.0 Å². The van der Waals surface area contributed by atoms with E-state index in [0.717, 1.165) is 28.0 Å². The van der Waals surface area contributed by atoms with Crippen molar-refractivity contribution in [2.45, 2.75) is 20.4 Å². The Labute approximate surface area is 145 Å². The molecular formula is C18H17ClN4O. The lowest BCUT2D eigenvalue weighted by atomic mass is 10.2. The standard InChI is InChI=1S/C18H17ClN4O/c1-11-12(2)22-17-9-14(7-8-16(17)21-11)23-18(24)20-10-13-5-3-4-6-15(13)19/h3-9H,10H2,1-2H3,(H2,20,23,24). The summed E-state index contributed by atoms with van der Waals surface area (Å²) in [6, 6.07) is 12.6. The zero-order valence-electron chi connectivity index (χ0n) is 13.4. The fraction of sp³-hybridized carbons (Fsp3) is 0.167. The van der Waals surface area contributed by atoms with Crippen LogP contribution in [0.15, 0.2) is 42.5 Å². The molecule has 0 atom stereocenters. The second-order valence-corrected chi connectivity index (χ2v) is 5.90. The Bertz CT molecular complexity index is 911. The second-order valence-electron chi connectivity index (χ2n) is 5.50. The number of hydrogen-bond donors (Lipinski definition) is 2. The Morgan fingerprint density at radius 2 is 1.75 bits per heavy atom. The molecule has 122 valence electrons. The number of aryl methyl sites for hydroxylation is 2. The van der Waals surface area contributed by atoms with Gasteiger partial charge in [0, 0.05) is 17.3 Å². The minimum Gasteiger partial charge on any atom is -0.334 e. The molecular weight excluding hydrogens is 324 g/mol. The summed E-state index contributed by atoms with van der Waals surface area (Å²) in [5, 5.41) is 6.21. The molecule has 0 aliphatic heterocycles. The van der Waals surface area contributed by atoms with Crippen molar-refractivity contribution in [3.8, 4) is 0 Å². The first-order valence-corrected chi connectivity index (χ1v) is 7.94. The van der Waals surface area contributed by atoms with Gasteiger partial charge < -0.3 is 10.6 Å². The van der Waals surface area contributed by atoms with Crippen molar-refractivity contribution < 1.29 is 4.79 Å². The smallest absolute Gasteiger partial charge is 0.319 e. The van der Waals surface area contributed by atoms with Crippen LogP contribution in [0.2, 0.25) is 5.02 Å². The van der Waals surface area contributed by atoms with Crippen molar-refractivity contribution in [3.63, 3.8) is 0 Å². The van der Waals surface area contributed by atoms with E-state index >= 15 is 0 Å². The molecule has 0 spiro atoms. The highest BCUT2D eigenvalue weighted by atomic mass is 35.5. The minimum atomic E-state index is -0.300. The summed E-state index contributed by atoms with van der Waals surface area (Å²) in [6.07, 6.45) is 0. The van der Waals surface area contributed by atoms with Gasteiger partial charge in [-0.2, -0.15) is 0 Å². The van der Waals surface area contributed by atoms with Crippen LogP contribution in [0.1, 0.15) is 17.0 Å². The van der Waals surface area contributed by atoms with Gasteiger partial charge in [-0.25, -0.2) is 14.8 Å². The average Bonchev–Trinajstić information content (AvgIpc) is 2.55. The molecule has 0 unspecified atom stereocenters. The van der Waals surface area contributed by atoms with Gasteiger partial charge in [-0.15, -0.1) is 0 Å². The van der Waals surface area contributed by atoms with Crippen LogP contribution in [0, 0.1) is 13.8 Å². The Kier molecular flexibility index (Phi) is 4.62. The Balaban J connectivity index is 1.69. The normalized spacial score (nSPS) is 10.6. The van der Waals surface area contributed by atoms with Gasteiger partial charge in [-0.3, -0.25) is 0 Å². The van der Waals surface area contributed by atoms with Crippen molar-refractivity contribution in [3.05, 3.63) is 64.4 Å². The molecule has 2 amide bonds. The SMILES string of the molecule is Cc1nc2ccc(NC(=O)NCc3ccccc3Cl)cc2nc1C. The summed E-state index contributed by atoms with van der Waals surface area (Å²) >= 11 is 6.07. The summed E-state index contributed by atoms with van der Waals surface area (Å²) in [6.45, 7) is 4.20. The van der Waals surface area contributed by atoms with E-state index in [2.05, 4.69) is 20.6 Å². The number of nitrogens with one attached hydrogen (secondary N) is 2. The molecule has 2 N–H and O–H groups in total. The molecule has 5 nitrogen and oxygen atoms in total. The van der Waals surface area contributed by atoms with Crippen LogP contribution in [-0.4, -0.2) is 16.0 Å². The number of anilines is 1. The molecule has 24 heavy (non-hydrogen) atoms. The van der Waals surface area contributed by atoms with E-state index in [4.69, 9.17) is 11.6 Å². The highest BCUT2D eigenvalue weighted by molar-refractivity contribution is 6.31. The van der Waals surface area contributed by atoms with Crippen LogP contribution in [0.3, 0.4) is 0 Å². The highest BCUT2D eigenvalue weighted by Crippen LogP contribution is 2.18. The molecule has 0 fully saturated rings. The minimum absolute atomic E-state index is 0.300. The molecule has 2 aromatic carbocycles. The summed E-state index contributed by atoms with van der Waals surface area (Å²) in [5.41, 5.74) is 4.87. The number of carbonyl (C=O) groups is 1. The fourth-order valence-electron chi connectivity index (χ4n) is 2.30. The predicted molar refractivity (Wildman–Crippen MR) is 96.3 cm³/mol. The highest BCUT2D eigenvalue weighted by Gasteiger charge is 2.06. The maximum Gasteiger partial charge on any atom is 0.319 e. The predicted octanol–water partition coefficient (Wildman–Crippen LogP) is 4.22. The van der Waals surface area contributed by atoms with Crippen molar-refractivity contribution in [1.82, 2.24) is 15.3 Å². The molecule has 1 heterocycles. The monoisotopic (exact) mass is 340 g/mol. The summed E-state index contributed by atoms with van der Waals surface area (Å²) in [4.78, 5) is 21.0. The number of urea groups is 1. The summed E-state index contributed by atoms with van der Waals surface area (Å²) in [5.74, 6) is 0. The molecule has 3 rings (SSSR count). The molecule has 0 aliphatic carbocycles. The van der Waals surface area contributed by atoms with Gasteiger partial charge in [0.05, 0.1) is 22.4 Å². The van der Waals surface area contributed by atoms with Gasteiger partial charge in [-0.1, -0.05) is 29.8 Å². The lowest BCUT2D eigenvalue weighted by molar-refractivity contribution is 0.252. The number of rotatable bonds is 3. The Morgan fingerprint density at radius 3 is 2.50 bits per heavy atom. The molecule has 0 radical (unpaired) electrons. The van der Waals surface area contributed by atoms with Crippen LogP contribution < -0.4 is 10.6 Å². The van der Waals surface area contributed by atoms with E-state index in [1.54, 1.807) is 12.1 Å². The van der Waals surface area contributed by atoms with Crippen LogP contribution in [0.5, 0.6) is 0 Å². The molecule has 0 aliphatic rings. The van der Waals surface area contributed by atoms with Gasteiger partial charge in [0.2, 0.25) is 0 Å². The van der Waals surface area contributed by atoms with Gasteiger partial charge in [0.1, 0.15) is 0 Å². The van der Waals surface area contributed by atoms with Gasteiger partial charge >= 0.3 is 6.03 Å². The van der Waals surface area contributed by atoms with Crippen LogP contribution in [0.4, 0.5) is 10.5 Å². The number of halogens is 1. The summed E-state index contributed by atoms with van der Waals surface area (Å²) in [7, 11) is 0.